The monoisotopic (exact) mass is 400 g/mol. The van der Waals surface area contributed by atoms with E-state index in [1.807, 2.05) is 19.1 Å². The van der Waals surface area contributed by atoms with Crippen LogP contribution in [0.1, 0.15) is 18.3 Å². The summed E-state index contributed by atoms with van der Waals surface area (Å²) in [5, 5.41) is 10.2. The molecule has 0 saturated heterocycles. The molecule has 0 aliphatic carbocycles. The van der Waals surface area contributed by atoms with E-state index in [1.165, 1.54) is 6.07 Å². The van der Waals surface area contributed by atoms with Gasteiger partial charge in [-0.1, -0.05) is 11.2 Å². The molecule has 0 atom stereocenters. The van der Waals surface area contributed by atoms with Gasteiger partial charge < -0.3 is 15.2 Å². The van der Waals surface area contributed by atoms with Crippen LogP contribution in [0.5, 0.6) is 0 Å². The maximum absolute atomic E-state index is 13.7. The molecule has 152 valence electrons. The first-order chi connectivity index (χ1) is 14.2. The summed E-state index contributed by atoms with van der Waals surface area (Å²) >= 11 is 0. The zero-order chi connectivity index (χ0) is 20.5. The third-order valence-corrected chi connectivity index (χ3v) is 4.00. The van der Waals surface area contributed by atoms with Crippen LogP contribution >= 0.6 is 0 Å². The van der Waals surface area contributed by atoms with Gasteiger partial charge in [0.1, 0.15) is 17.3 Å². The average Bonchev–Trinajstić information content (AvgIpc) is 3.20. The van der Waals surface area contributed by atoms with Crippen molar-refractivity contribution >= 4 is 5.96 Å². The Morgan fingerprint density at radius 2 is 2.03 bits per heavy atom. The third-order valence-electron chi connectivity index (χ3n) is 4.00. The van der Waals surface area contributed by atoms with E-state index >= 15 is 0 Å². The van der Waals surface area contributed by atoms with Gasteiger partial charge in [0.2, 0.25) is 0 Å². The largest absolute Gasteiger partial charge is 0.357 e. The number of hydrogen-bond acceptors (Lipinski definition) is 5. The lowest BCUT2D eigenvalue weighted by Crippen LogP contribution is -2.38. The molecule has 3 aromatic rings. The van der Waals surface area contributed by atoms with Crippen molar-refractivity contribution in [1.29, 1.82) is 0 Å². The SMILES string of the molecule is CCNC(=NCCc1noc(-c2ccccn2)n1)NCCc1cc(F)ccc1F. The molecule has 29 heavy (non-hydrogen) atoms. The molecule has 7 nitrogen and oxygen atoms in total. The highest BCUT2D eigenvalue weighted by molar-refractivity contribution is 5.79. The van der Waals surface area contributed by atoms with Crippen LogP contribution in [-0.2, 0) is 12.8 Å². The molecule has 2 heterocycles. The van der Waals surface area contributed by atoms with Crippen molar-refractivity contribution in [2.45, 2.75) is 19.8 Å². The van der Waals surface area contributed by atoms with E-state index in [-0.39, 0.29) is 0 Å². The molecular formula is C20H22F2N6O. The molecule has 2 aromatic heterocycles. The fourth-order valence-corrected chi connectivity index (χ4v) is 2.61. The van der Waals surface area contributed by atoms with Crippen molar-refractivity contribution in [3.8, 4) is 11.6 Å². The molecule has 9 heteroatoms. The Hall–Kier alpha value is -3.36. The number of benzene rings is 1. The van der Waals surface area contributed by atoms with Gasteiger partial charge in [-0.2, -0.15) is 4.98 Å². The second kappa shape index (κ2) is 10.3. The number of nitrogens with one attached hydrogen (secondary N) is 2. The summed E-state index contributed by atoms with van der Waals surface area (Å²) in [4.78, 5) is 12.9. The second-order valence-corrected chi connectivity index (χ2v) is 6.15. The lowest BCUT2D eigenvalue weighted by Gasteiger charge is -2.11. The minimum absolute atomic E-state index is 0.321. The molecule has 1 aromatic carbocycles. The minimum atomic E-state index is -0.452. The predicted molar refractivity (Wildman–Crippen MR) is 105 cm³/mol. The van der Waals surface area contributed by atoms with Crippen LogP contribution in [0.3, 0.4) is 0 Å². The molecule has 0 spiro atoms. The summed E-state index contributed by atoms with van der Waals surface area (Å²) in [7, 11) is 0. The molecule has 0 saturated carbocycles. The van der Waals surface area contributed by atoms with E-state index in [1.54, 1.807) is 12.3 Å². The van der Waals surface area contributed by atoms with Crippen molar-refractivity contribution < 1.29 is 13.3 Å². The Labute approximate surface area is 167 Å². The molecule has 0 aliphatic heterocycles. The van der Waals surface area contributed by atoms with Gasteiger partial charge in [0, 0.05) is 32.3 Å². The Balaban J connectivity index is 1.51. The fraction of sp³-hybridized carbons (Fsp3) is 0.300. The van der Waals surface area contributed by atoms with Crippen molar-refractivity contribution in [1.82, 2.24) is 25.8 Å². The van der Waals surface area contributed by atoms with Crippen LogP contribution in [-0.4, -0.2) is 40.7 Å². The first-order valence-corrected chi connectivity index (χ1v) is 9.36. The summed E-state index contributed by atoms with van der Waals surface area (Å²) in [5.74, 6) is 0.611. The molecule has 0 fully saturated rings. The molecule has 3 rings (SSSR count). The Morgan fingerprint density at radius 1 is 1.14 bits per heavy atom. The van der Waals surface area contributed by atoms with E-state index < -0.39 is 11.6 Å². The van der Waals surface area contributed by atoms with Crippen LogP contribution < -0.4 is 10.6 Å². The van der Waals surface area contributed by atoms with Crippen molar-refractivity contribution in [3.63, 3.8) is 0 Å². The first-order valence-electron chi connectivity index (χ1n) is 9.36. The molecule has 0 radical (unpaired) electrons. The predicted octanol–water partition coefficient (Wildman–Crippen LogP) is 2.75. The van der Waals surface area contributed by atoms with Crippen LogP contribution in [0.2, 0.25) is 0 Å². The quantitative estimate of drug-likeness (QED) is 0.447. The molecule has 2 N–H and O–H groups in total. The van der Waals surface area contributed by atoms with Gasteiger partial charge in [0.15, 0.2) is 11.8 Å². The summed E-state index contributed by atoms with van der Waals surface area (Å²) in [5.41, 5.74) is 0.941. The maximum Gasteiger partial charge on any atom is 0.276 e. The smallest absolute Gasteiger partial charge is 0.276 e. The van der Waals surface area contributed by atoms with Crippen LogP contribution in [0.25, 0.3) is 11.6 Å². The van der Waals surface area contributed by atoms with Gasteiger partial charge in [-0.3, -0.25) is 9.98 Å². The van der Waals surface area contributed by atoms with Gasteiger partial charge in [0.05, 0.1) is 0 Å². The molecule has 0 unspecified atom stereocenters. The van der Waals surface area contributed by atoms with Gasteiger partial charge >= 0.3 is 0 Å². The van der Waals surface area contributed by atoms with Gasteiger partial charge in [0.25, 0.3) is 5.89 Å². The Bertz CT molecular complexity index is 945. The third kappa shape index (κ3) is 6.06. The Morgan fingerprint density at radius 3 is 2.83 bits per heavy atom. The summed E-state index contributed by atoms with van der Waals surface area (Å²) in [6.45, 7) is 3.47. The number of rotatable bonds is 8. The summed E-state index contributed by atoms with van der Waals surface area (Å²) in [6, 6.07) is 8.90. The van der Waals surface area contributed by atoms with Crippen LogP contribution in [0.4, 0.5) is 8.78 Å². The number of guanidine groups is 1. The fourth-order valence-electron chi connectivity index (χ4n) is 2.61. The van der Waals surface area contributed by atoms with E-state index in [2.05, 4.69) is 30.8 Å². The molecular weight excluding hydrogens is 378 g/mol. The van der Waals surface area contributed by atoms with Crippen molar-refractivity contribution in [2.75, 3.05) is 19.6 Å². The second-order valence-electron chi connectivity index (χ2n) is 6.15. The zero-order valence-electron chi connectivity index (χ0n) is 16.0. The molecule has 0 bridgehead atoms. The topological polar surface area (TPSA) is 88.2 Å². The highest BCUT2D eigenvalue weighted by atomic mass is 19.1. The number of nitrogens with zero attached hydrogens (tertiary/aromatic N) is 4. The maximum atomic E-state index is 13.7. The molecule has 0 amide bonds. The number of hydrogen-bond donors (Lipinski definition) is 2. The summed E-state index contributed by atoms with van der Waals surface area (Å²) < 4.78 is 32.2. The highest BCUT2D eigenvalue weighted by Crippen LogP contribution is 2.13. The number of halogens is 2. The summed E-state index contributed by atoms with van der Waals surface area (Å²) in [6.07, 6.45) is 2.49. The van der Waals surface area contributed by atoms with E-state index in [0.29, 0.717) is 61.4 Å². The van der Waals surface area contributed by atoms with E-state index in [0.717, 1.165) is 12.1 Å². The first kappa shape index (κ1) is 20.4. The van der Waals surface area contributed by atoms with E-state index in [9.17, 15) is 8.78 Å². The number of pyridine rings is 1. The number of aliphatic imine (C=N–C) groups is 1. The zero-order valence-corrected chi connectivity index (χ0v) is 16.0. The van der Waals surface area contributed by atoms with Crippen molar-refractivity contribution in [2.24, 2.45) is 4.99 Å². The standard InChI is InChI=1S/C20H22F2N6O/c1-2-23-20(25-11-8-14-13-15(21)6-7-16(14)22)26-12-9-18-27-19(29-28-18)17-5-3-4-10-24-17/h3-7,10,13H,2,8-9,11-12H2,1H3,(H2,23,25,26). The lowest BCUT2D eigenvalue weighted by molar-refractivity contribution is 0.421. The van der Waals surface area contributed by atoms with Gasteiger partial charge in [-0.25, -0.2) is 8.78 Å². The van der Waals surface area contributed by atoms with E-state index in [4.69, 9.17) is 4.52 Å². The molecule has 0 aliphatic rings. The highest BCUT2D eigenvalue weighted by Gasteiger charge is 2.09. The van der Waals surface area contributed by atoms with Crippen LogP contribution in [0.15, 0.2) is 52.1 Å². The normalized spacial score (nSPS) is 11.5. The van der Waals surface area contributed by atoms with Crippen molar-refractivity contribution in [3.05, 3.63) is 65.6 Å². The minimum Gasteiger partial charge on any atom is -0.357 e. The van der Waals surface area contributed by atoms with Gasteiger partial charge in [-0.05, 0) is 49.2 Å². The van der Waals surface area contributed by atoms with Gasteiger partial charge in [-0.15, -0.1) is 0 Å². The average molecular weight is 400 g/mol. The number of aromatic nitrogens is 3. The lowest BCUT2D eigenvalue weighted by atomic mass is 10.1. The Kier molecular flexibility index (Phi) is 7.21. The van der Waals surface area contributed by atoms with Crippen LogP contribution in [0, 0.1) is 11.6 Å².